The number of imidazole rings is 1. The molecule has 2 fully saturated rings. The summed E-state index contributed by atoms with van der Waals surface area (Å²) in [6.45, 7) is 7.34. The summed E-state index contributed by atoms with van der Waals surface area (Å²) in [5, 5.41) is 0. The number of aromatic nitrogens is 3. The molecule has 150 valence electrons. The van der Waals surface area contributed by atoms with Crippen LogP contribution in [0.15, 0.2) is 42.6 Å². The van der Waals surface area contributed by atoms with Gasteiger partial charge in [-0.3, -0.25) is 4.79 Å². The summed E-state index contributed by atoms with van der Waals surface area (Å²) in [5.41, 5.74) is 2.08. The van der Waals surface area contributed by atoms with Crippen LogP contribution in [0.5, 0.6) is 0 Å². The van der Waals surface area contributed by atoms with Gasteiger partial charge in [-0.25, -0.2) is 14.4 Å². The van der Waals surface area contributed by atoms with E-state index < -0.39 is 5.82 Å². The number of rotatable bonds is 3. The minimum Gasteiger partial charge on any atom is -0.342 e. The Morgan fingerprint density at radius 3 is 2.48 bits per heavy atom. The van der Waals surface area contributed by atoms with Crippen LogP contribution in [0, 0.1) is 17.7 Å². The largest absolute Gasteiger partial charge is 0.342 e. The molecule has 0 aliphatic carbocycles. The molecule has 0 bridgehead atoms. The maximum atomic E-state index is 14.0. The van der Waals surface area contributed by atoms with Crippen molar-refractivity contribution in [3.8, 4) is 0 Å². The third-order valence-corrected chi connectivity index (χ3v) is 6.11. The topological polar surface area (TPSA) is 54.3 Å². The molecule has 3 aromatic rings. The number of carbonyl (C=O) groups is 1. The highest BCUT2D eigenvalue weighted by Gasteiger charge is 2.43. The Bertz CT molecular complexity index is 1060. The van der Waals surface area contributed by atoms with E-state index >= 15 is 0 Å². The van der Waals surface area contributed by atoms with E-state index in [1.165, 1.54) is 18.3 Å². The van der Waals surface area contributed by atoms with Gasteiger partial charge in [0.05, 0.1) is 11.0 Å². The van der Waals surface area contributed by atoms with Gasteiger partial charge < -0.3 is 14.4 Å². The predicted molar refractivity (Wildman–Crippen MR) is 109 cm³/mol. The fraction of sp³-hybridized carbons (Fsp3) is 0.409. The van der Waals surface area contributed by atoms with Gasteiger partial charge in [0.25, 0.3) is 5.91 Å². The third kappa shape index (κ3) is 2.96. The average molecular weight is 393 g/mol. The summed E-state index contributed by atoms with van der Waals surface area (Å²) >= 11 is 0. The molecule has 7 heteroatoms. The van der Waals surface area contributed by atoms with E-state index in [2.05, 4.69) is 40.4 Å². The van der Waals surface area contributed by atoms with Gasteiger partial charge in [-0.05, 0) is 38.1 Å². The normalized spacial score (nSPS) is 21.4. The highest BCUT2D eigenvalue weighted by atomic mass is 19.1. The zero-order chi connectivity index (χ0) is 20.1. The molecule has 0 N–H and O–H groups in total. The smallest absolute Gasteiger partial charge is 0.275 e. The first kappa shape index (κ1) is 18.1. The van der Waals surface area contributed by atoms with Gasteiger partial charge in [-0.15, -0.1) is 0 Å². The van der Waals surface area contributed by atoms with Gasteiger partial charge in [-0.2, -0.15) is 0 Å². The molecule has 2 atom stereocenters. The fourth-order valence-electron chi connectivity index (χ4n) is 4.78. The molecule has 6 nitrogen and oxygen atoms in total. The van der Waals surface area contributed by atoms with Crippen molar-refractivity contribution in [3.05, 3.63) is 54.1 Å². The molecule has 5 rings (SSSR count). The Hall–Kier alpha value is -2.96. The van der Waals surface area contributed by atoms with E-state index in [1.54, 1.807) is 4.90 Å². The third-order valence-electron chi connectivity index (χ3n) is 6.11. The summed E-state index contributed by atoms with van der Waals surface area (Å²) in [6.07, 6.45) is 1.46. The van der Waals surface area contributed by atoms with Crippen molar-refractivity contribution in [2.75, 3.05) is 31.1 Å². The van der Waals surface area contributed by atoms with E-state index in [-0.39, 0.29) is 11.6 Å². The maximum Gasteiger partial charge on any atom is 0.275 e. The number of pyridine rings is 1. The van der Waals surface area contributed by atoms with Crippen LogP contribution in [0.4, 0.5) is 10.3 Å². The molecule has 2 aliphatic rings. The monoisotopic (exact) mass is 393 g/mol. The van der Waals surface area contributed by atoms with Crippen molar-refractivity contribution >= 4 is 22.9 Å². The van der Waals surface area contributed by atoms with E-state index in [0.29, 0.717) is 31.0 Å². The van der Waals surface area contributed by atoms with Crippen LogP contribution in [0.2, 0.25) is 0 Å². The van der Waals surface area contributed by atoms with E-state index in [0.717, 1.165) is 30.1 Å². The lowest BCUT2D eigenvalue weighted by Gasteiger charge is -2.24. The molecule has 2 aromatic heterocycles. The number of nitrogens with zero attached hydrogens (tertiary/aromatic N) is 5. The van der Waals surface area contributed by atoms with Gasteiger partial charge in [0.15, 0.2) is 11.5 Å². The number of hydrogen-bond donors (Lipinski definition) is 0. The number of carbonyl (C=O) groups excluding carboxylic acids is 1. The summed E-state index contributed by atoms with van der Waals surface area (Å²) in [6, 6.07) is 11.3. The molecule has 29 heavy (non-hydrogen) atoms. The number of fused-ring (bicyclic) bond motifs is 2. The second-order valence-corrected chi connectivity index (χ2v) is 8.33. The van der Waals surface area contributed by atoms with E-state index in [9.17, 15) is 9.18 Å². The predicted octanol–water partition coefficient (Wildman–Crippen LogP) is 3.36. The first-order valence-corrected chi connectivity index (χ1v) is 10.1. The minimum absolute atomic E-state index is 0.0778. The average Bonchev–Trinajstić information content (AvgIpc) is 3.38. The van der Waals surface area contributed by atoms with Gasteiger partial charge in [0, 0.05) is 50.3 Å². The Labute approximate surface area is 169 Å². The SMILES string of the molecule is CC(C)n1c(N2CC3CN(C(=O)c4ncccc4F)CC3C2)nc2ccccc21. The molecule has 2 saturated heterocycles. The first-order valence-electron chi connectivity index (χ1n) is 10.1. The molecule has 1 amide bonds. The standard InChI is InChI=1S/C22H24FN5O/c1-14(2)28-19-8-4-3-7-18(19)25-22(28)27-12-15-10-26(11-16(15)13-27)21(29)20-17(23)6-5-9-24-20/h3-9,14-16H,10-13H2,1-2H3. The molecule has 0 spiro atoms. The fourth-order valence-corrected chi connectivity index (χ4v) is 4.78. The van der Waals surface area contributed by atoms with Crippen LogP contribution in [0.3, 0.4) is 0 Å². The van der Waals surface area contributed by atoms with E-state index in [4.69, 9.17) is 4.98 Å². The lowest BCUT2D eigenvalue weighted by Crippen LogP contribution is -2.35. The number of likely N-dealkylation sites (tertiary alicyclic amines) is 1. The Morgan fingerprint density at radius 1 is 1.07 bits per heavy atom. The Morgan fingerprint density at radius 2 is 1.79 bits per heavy atom. The van der Waals surface area contributed by atoms with Crippen molar-refractivity contribution in [1.82, 2.24) is 19.4 Å². The van der Waals surface area contributed by atoms with Crippen molar-refractivity contribution < 1.29 is 9.18 Å². The van der Waals surface area contributed by atoms with Crippen LogP contribution in [-0.4, -0.2) is 51.5 Å². The molecule has 0 radical (unpaired) electrons. The number of anilines is 1. The molecule has 2 aliphatic heterocycles. The maximum absolute atomic E-state index is 14.0. The molecule has 2 unspecified atom stereocenters. The second-order valence-electron chi connectivity index (χ2n) is 8.33. The Balaban J connectivity index is 1.36. The number of benzene rings is 1. The van der Waals surface area contributed by atoms with Crippen LogP contribution >= 0.6 is 0 Å². The van der Waals surface area contributed by atoms with Crippen molar-refractivity contribution in [3.63, 3.8) is 0 Å². The van der Waals surface area contributed by atoms with Gasteiger partial charge in [0.2, 0.25) is 5.95 Å². The summed E-state index contributed by atoms with van der Waals surface area (Å²) in [4.78, 5) is 25.7. The zero-order valence-corrected chi connectivity index (χ0v) is 16.6. The summed E-state index contributed by atoms with van der Waals surface area (Å²) in [5.74, 6) is 0.877. The van der Waals surface area contributed by atoms with Crippen molar-refractivity contribution in [1.29, 1.82) is 0 Å². The lowest BCUT2D eigenvalue weighted by atomic mass is 10.0. The highest BCUT2D eigenvalue weighted by Crippen LogP contribution is 2.36. The first-order chi connectivity index (χ1) is 14.0. The van der Waals surface area contributed by atoms with Crippen LogP contribution in [-0.2, 0) is 0 Å². The molecular formula is C22H24FN5O. The molecular weight excluding hydrogens is 369 g/mol. The van der Waals surface area contributed by atoms with Gasteiger partial charge in [0.1, 0.15) is 0 Å². The molecule has 0 saturated carbocycles. The highest BCUT2D eigenvalue weighted by molar-refractivity contribution is 5.92. The van der Waals surface area contributed by atoms with Crippen LogP contribution in [0.1, 0.15) is 30.4 Å². The van der Waals surface area contributed by atoms with Gasteiger partial charge in [-0.1, -0.05) is 12.1 Å². The second kappa shape index (κ2) is 6.83. The molecule has 1 aromatic carbocycles. The zero-order valence-electron chi connectivity index (χ0n) is 16.6. The quantitative estimate of drug-likeness (QED) is 0.685. The van der Waals surface area contributed by atoms with E-state index in [1.807, 2.05) is 12.1 Å². The van der Waals surface area contributed by atoms with Crippen molar-refractivity contribution in [2.24, 2.45) is 11.8 Å². The molecule has 4 heterocycles. The summed E-state index contributed by atoms with van der Waals surface area (Å²) < 4.78 is 16.3. The van der Waals surface area contributed by atoms with Crippen LogP contribution in [0.25, 0.3) is 11.0 Å². The van der Waals surface area contributed by atoms with Crippen molar-refractivity contribution in [2.45, 2.75) is 19.9 Å². The van der Waals surface area contributed by atoms with Gasteiger partial charge >= 0.3 is 0 Å². The number of hydrogen-bond acceptors (Lipinski definition) is 4. The lowest BCUT2D eigenvalue weighted by molar-refractivity contribution is 0.0771. The summed E-state index contributed by atoms with van der Waals surface area (Å²) in [7, 11) is 0. The number of amides is 1. The minimum atomic E-state index is -0.554. The number of halogens is 1. The van der Waals surface area contributed by atoms with Crippen LogP contribution < -0.4 is 4.90 Å². The Kier molecular flexibility index (Phi) is 4.26. The number of para-hydroxylation sites is 2.